The molecule has 1 aliphatic rings. The lowest BCUT2D eigenvalue weighted by Crippen LogP contribution is -2.42. The Morgan fingerprint density at radius 2 is 1.76 bits per heavy atom. The van der Waals surface area contributed by atoms with Gasteiger partial charge in [0.2, 0.25) is 0 Å². The Labute approximate surface area is 202 Å². The molecule has 0 spiro atoms. The second kappa shape index (κ2) is 11.9. The van der Waals surface area contributed by atoms with Gasteiger partial charge in [-0.05, 0) is 60.9 Å². The van der Waals surface area contributed by atoms with Gasteiger partial charge in [-0.3, -0.25) is 9.88 Å². The molecule has 2 heterocycles. The quantitative estimate of drug-likeness (QED) is 0.279. The van der Waals surface area contributed by atoms with Crippen LogP contribution in [0.2, 0.25) is 0 Å². The Morgan fingerprint density at radius 1 is 0.971 bits per heavy atom. The number of halogens is 3. The molecule has 3 aromatic rings. The van der Waals surface area contributed by atoms with Crippen LogP contribution in [-0.4, -0.2) is 48.4 Å². The van der Waals surface area contributed by atoms with Crippen LogP contribution in [0.5, 0.6) is 5.75 Å². The number of unbranched alkanes of at least 4 members (excludes halogenated alkanes) is 2. The standard InChI is InChI=1S/C26H30F3N3OS/c27-26(28,29)21-6-9-23-24(18-21)31-11-10-25(23)34-17-3-1-2-16-33-22-7-4-20(5-8-22)19-32-14-12-30-13-15-32/h4-11,18,30H,1-3,12-17,19H2. The molecule has 1 saturated heterocycles. The first-order valence-corrected chi connectivity index (χ1v) is 12.7. The Morgan fingerprint density at radius 3 is 2.53 bits per heavy atom. The minimum absolute atomic E-state index is 0.382. The van der Waals surface area contributed by atoms with Crippen LogP contribution in [-0.2, 0) is 12.7 Å². The summed E-state index contributed by atoms with van der Waals surface area (Å²) in [6.07, 6.45) is 0.244. The lowest BCUT2D eigenvalue weighted by atomic mass is 10.1. The van der Waals surface area contributed by atoms with Crippen LogP contribution in [0.4, 0.5) is 13.2 Å². The van der Waals surface area contributed by atoms with Crippen molar-refractivity contribution < 1.29 is 17.9 Å². The normalized spacial score (nSPS) is 15.0. The number of alkyl halides is 3. The number of rotatable bonds is 10. The molecule has 2 aromatic carbocycles. The van der Waals surface area contributed by atoms with Gasteiger partial charge in [0.25, 0.3) is 0 Å². The number of benzene rings is 2. The molecule has 0 saturated carbocycles. The molecule has 0 bridgehead atoms. The topological polar surface area (TPSA) is 37.4 Å². The lowest BCUT2D eigenvalue weighted by Gasteiger charge is -2.27. The molecule has 0 atom stereocenters. The molecular formula is C26H30F3N3OS. The summed E-state index contributed by atoms with van der Waals surface area (Å²) in [5.74, 6) is 1.81. The fourth-order valence-electron chi connectivity index (χ4n) is 4.00. The van der Waals surface area contributed by atoms with Crippen molar-refractivity contribution >= 4 is 22.7 Å². The van der Waals surface area contributed by atoms with E-state index in [4.69, 9.17) is 4.74 Å². The average Bonchev–Trinajstić information content (AvgIpc) is 2.84. The summed E-state index contributed by atoms with van der Waals surface area (Å²) in [4.78, 5) is 7.54. The van der Waals surface area contributed by atoms with Crippen molar-refractivity contribution in [3.63, 3.8) is 0 Å². The van der Waals surface area contributed by atoms with Gasteiger partial charge in [-0.1, -0.05) is 18.2 Å². The minimum Gasteiger partial charge on any atom is -0.494 e. The zero-order valence-corrected chi connectivity index (χ0v) is 19.9. The maximum atomic E-state index is 12.9. The number of nitrogens with one attached hydrogen (secondary N) is 1. The van der Waals surface area contributed by atoms with E-state index in [9.17, 15) is 13.2 Å². The van der Waals surface area contributed by atoms with E-state index in [1.165, 1.54) is 11.6 Å². The van der Waals surface area contributed by atoms with E-state index in [0.29, 0.717) is 12.1 Å². The maximum absolute atomic E-state index is 12.9. The van der Waals surface area contributed by atoms with Crippen LogP contribution >= 0.6 is 11.8 Å². The van der Waals surface area contributed by atoms with E-state index in [1.807, 2.05) is 18.2 Å². The second-order valence-corrected chi connectivity index (χ2v) is 9.60. The van der Waals surface area contributed by atoms with Crippen LogP contribution in [0.3, 0.4) is 0 Å². The first kappa shape index (κ1) is 24.8. The highest BCUT2D eigenvalue weighted by molar-refractivity contribution is 7.99. The largest absolute Gasteiger partial charge is 0.494 e. The first-order valence-electron chi connectivity index (χ1n) is 11.7. The molecule has 1 aromatic heterocycles. The monoisotopic (exact) mass is 489 g/mol. The van der Waals surface area contributed by atoms with Crippen LogP contribution < -0.4 is 10.1 Å². The number of nitrogens with zero attached hydrogens (tertiary/aromatic N) is 2. The number of hydrogen-bond donors (Lipinski definition) is 1. The second-order valence-electron chi connectivity index (χ2n) is 8.47. The van der Waals surface area contributed by atoms with Gasteiger partial charge in [-0.2, -0.15) is 13.2 Å². The van der Waals surface area contributed by atoms with Gasteiger partial charge in [0.15, 0.2) is 0 Å². The van der Waals surface area contributed by atoms with Crippen LogP contribution in [0, 0.1) is 0 Å². The summed E-state index contributed by atoms with van der Waals surface area (Å²) in [6, 6.07) is 14.0. The number of aromatic nitrogens is 1. The van der Waals surface area contributed by atoms with Crippen LogP contribution in [0.15, 0.2) is 59.6 Å². The summed E-state index contributed by atoms with van der Waals surface area (Å²) in [5.41, 5.74) is 1.03. The summed E-state index contributed by atoms with van der Waals surface area (Å²) >= 11 is 1.66. The summed E-state index contributed by atoms with van der Waals surface area (Å²) < 4.78 is 44.7. The number of hydrogen-bond acceptors (Lipinski definition) is 5. The summed E-state index contributed by atoms with van der Waals surface area (Å²) in [6.45, 7) is 5.96. The molecule has 0 unspecified atom stereocenters. The third-order valence-corrected chi connectivity index (χ3v) is 7.04. The van der Waals surface area contributed by atoms with Crippen molar-refractivity contribution in [2.75, 3.05) is 38.5 Å². The van der Waals surface area contributed by atoms with Gasteiger partial charge in [0.1, 0.15) is 5.75 Å². The van der Waals surface area contributed by atoms with E-state index in [0.717, 1.165) is 85.9 Å². The maximum Gasteiger partial charge on any atom is 0.416 e. The number of ether oxygens (including phenoxy) is 1. The van der Waals surface area contributed by atoms with Gasteiger partial charge < -0.3 is 10.1 Å². The Balaban J connectivity index is 1.15. The Kier molecular flexibility index (Phi) is 8.69. The van der Waals surface area contributed by atoms with Crippen molar-refractivity contribution in [2.45, 2.75) is 36.9 Å². The predicted octanol–water partition coefficient (Wildman–Crippen LogP) is 6.00. The van der Waals surface area contributed by atoms with Gasteiger partial charge in [0, 0.05) is 49.2 Å². The molecule has 182 valence electrons. The molecule has 1 N–H and O–H groups in total. The van der Waals surface area contributed by atoms with Crippen LogP contribution in [0.1, 0.15) is 30.4 Å². The van der Waals surface area contributed by atoms with E-state index < -0.39 is 11.7 Å². The summed E-state index contributed by atoms with van der Waals surface area (Å²) in [7, 11) is 0. The molecule has 0 amide bonds. The van der Waals surface area contributed by atoms with Crippen molar-refractivity contribution in [2.24, 2.45) is 0 Å². The Bertz CT molecular complexity index is 1050. The molecule has 1 fully saturated rings. The smallest absolute Gasteiger partial charge is 0.416 e. The first-order chi connectivity index (χ1) is 16.5. The van der Waals surface area contributed by atoms with Crippen molar-refractivity contribution in [1.82, 2.24) is 15.2 Å². The molecule has 1 aliphatic heterocycles. The zero-order valence-electron chi connectivity index (χ0n) is 19.1. The highest BCUT2D eigenvalue weighted by Gasteiger charge is 2.30. The van der Waals surface area contributed by atoms with Gasteiger partial charge in [-0.25, -0.2) is 0 Å². The number of piperazine rings is 1. The lowest BCUT2D eigenvalue weighted by molar-refractivity contribution is -0.137. The third-order valence-electron chi connectivity index (χ3n) is 5.88. The van der Waals surface area contributed by atoms with Gasteiger partial charge in [-0.15, -0.1) is 11.8 Å². The SMILES string of the molecule is FC(F)(F)c1ccc2c(SCCCCCOc3ccc(CN4CCNCC4)cc3)ccnc2c1. The van der Waals surface area contributed by atoms with Gasteiger partial charge in [0.05, 0.1) is 17.7 Å². The predicted molar refractivity (Wildman–Crippen MR) is 131 cm³/mol. The molecule has 0 aliphatic carbocycles. The molecule has 4 rings (SSSR count). The zero-order chi connectivity index (χ0) is 23.8. The fraction of sp³-hybridized carbons (Fsp3) is 0.423. The van der Waals surface area contributed by atoms with Crippen LogP contribution in [0.25, 0.3) is 10.9 Å². The molecule has 34 heavy (non-hydrogen) atoms. The van der Waals surface area contributed by atoms with Crippen molar-refractivity contribution in [1.29, 1.82) is 0 Å². The van der Waals surface area contributed by atoms with E-state index in [-0.39, 0.29) is 0 Å². The highest BCUT2D eigenvalue weighted by Crippen LogP contribution is 2.34. The fourth-order valence-corrected chi connectivity index (χ4v) is 5.05. The van der Waals surface area contributed by atoms with E-state index in [2.05, 4.69) is 27.3 Å². The molecule has 4 nitrogen and oxygen atoms in total. The molecular weight excluding hydrogens is 459 g/mol. The number of pyridine rings is 1. The van der Waals surface area contributed by atoms with Gasteiger partial charge >= 0.3 is 6.18 Å². The van der Waals surface area contributed by atoms with E-state index >= 15 is 0 Å². The Hall–Kier alpha value is -2.29. The highest BCUT2D eigenvalue weighted by atomic mass is 32.2. The molecule has 0 radical (unpaired) electrons. The molecule has 8 heteroatoms. The number of thioether (sulfide) groups is 1. The van der Waals surface area contributed by atoms with Crippen molar-refractivity contribution in [3.8, 4) is 5.75 Å². The number of fused-ring (bicyclic) bond motifs is 1. The minimum atomic E-state index is -4.35. The van der Waals surface area contributed by atoms with Crippen molar-refractivity contribution in [3.05, 3.63) is 65.9 Å². The third kappa shape index (κ3) is 7.10. The summed E-state index contributed by atoms with van der Waals surface area (Å²) in [5, 5.41) is 4.14. The van der Waals surface area contributed by atoms with E-state index in [1.54, 1.807) is 18.0 Å². The average molecular weight is 490 g/mol.